The Morgan fingerprint density at radius 1 is 1.42 bits per heavy atom. The lowest BCUT2D eigenvalue weighted by Crippen LogP contribution is -2.37. The van der Waals surface area contributed by atoms with Crippen molar-refractivity contribution in [2.24, 2.45) is 10.9 Å². The lowest BCUT2D eigenvalue weighted by Gasteiger charge is -2.24. The number of aliphatic imine (C=N–C) groups is 1. The number of carbonyl (C=O) groups excluding carboxylic acids is 1. The van der Waals surface area contributed by atoms with Crippen LogP contribution in [0.25, 0.3) is 0 Å². The molecule has 1 amide bonds. The molecule has 0 aliphatic carbocycles. The van der Waals surface area contributed by atoms with E-state index in [1.54, 1.807) is 24.8 Å². The van der Waals surface area contributed by atoms with E-state index < -0.39 is 15.7 Å². The molecule has 0 radical (unpaired) electrons. The van der Waals surface area contributed by atoms with Gasteiger partial charge in [-0.05, 0) is 18.2 Å². The van der Waals surface area contributed by atoms with Gasteiger partial charge in [0.25, 0.3) is 5.91 Å². The third kappa shape index (κ3) is 3.32. The lowest BCUT2D eigenvalue weighted by atomic mass is 10.2. The number of hydrogen-bond acceptors (Lipinski definition) is 4. The first-order chi connectivity index (χ1) is 11.2. The number of thioether (sulfide) groups is 1. The van der Waals surface area contributed by atoms with Crippen molar-refractivity contribution in [1.82, 2.24) is 0 Å². The van der Waals surface area contributed by atoms with Crippen LogP contribution in [-0.2, 0) is 14.6 Å². The number of halogens is 2. The second-order valence-corrected chi connectivity index (χ2v) is 9.92. The molecule has 0 bridgehead atoms. The molecule has 2 heterocycles. The molecule has 2 aliphatic rings. The fourth-order valence-electron chi connectivity index (χ4n) is 2.72. The Morgan fingerprint density at radius 2 is 2.12 bits per heavy atom. The molecule has 0 aromatic heterocycles. The zero-order chi connectivity index (χ0) is 17.6. The predicted molar refractivity (Wildman–Crippen MR) is 95.0 cm³/mol. The van der Waals surface area contributed by atoms with Crippen LogP contribution in [0.15, 0.2) is 23.2 Å². The number of sulfone groups is 1. The Kier molecular flexibility index (Phi) is 4.65. The number of nitrogens with zero attached hydrogens (tertiary/aromatic N) is 2. The molecule has 2 atom stereocenters. The molecule has 9 heteroatoms. The minimum atomic E-state index is -3.16. The molecule has 2 saturated heterocycles. The maximum absolute atomic E-state index is 13.9. The van der Waals surface area contributed by atoms with E-state index in [1.807, 2.05) is 0 Å². The van der Waals surface area contributed by atoms with Gasteiger partial charge in [0.1, 0.15) is 5.82 Å². The largest absolute Gasteiger partial charge is 0.315 e. The Morgan fingerprint density at radius 3 is 2.75 bits per heavy atom. The van der Waals surface area contributed by atoms with E-state index in [-0.39, 0.29) is 39.6 Å². The van der Waals surface area contributed by atoms with E-state index in [1.165, 1.54) is 23.9 Å². The second-order valence-electron chi connectivity index (χ2n) is 6.16. The van der Waals surface area contributed by atoms with Gasteiger partial charge >= 0.3 is 0 Å². The Bertz CT molecular complexity index is 826. The van der Waals surface area contributed by atoms with Gasteiger partial charge < -0.3 is 4.90 Å². The van der Waals surface area contributed by atoms with Crippen molar-refractivity contribution in [3.05, 3.63) is 29.0 Å². The fraction of sp³-hybridized carbons (Fsp3) is 0.467. The van der Waals surface area contributed by atoms with Crippen molar-refractivity contribution >= 4 is 50.0 Å². The summed E-state index contributed by atoms with van der Waals surface area (Å²) in [5.41, 5.74) is 0.448. The van der Waals surface area contributed by atoms with Crippen LogP contribution in [0.1, 0.15) is 13.8 Å². The van der Waals surface area contributed by atoms with Gasteiger partial charge in [-0.3, -0.25) is 4.79 Å². The van der Waals surface area contributed by atoms with Crippen molar-refractivity contribution in [2.45, 2.75) is 25.1 Å². The molecule has 1 aromatic carbocycles. The van der Waals surface area contributed by atoms with Crippen LogP contribution in [0.3, 0.4) is 0 Å². The van der Waals surface area contributed by atoms with Gasteiger partial charge in [-0.1, -0.05) is 37.2 Å². The Balaban J connectivity index is 2.04. The van der Waals surface area contributed by atoms with Crippen LogP contribution >= 0.6 is 23.4 Å². The molecule has 0 unspecified atom stereocenters. The minimum absolute atomic E-state index is 0.0158. The van der Waals surface area contributed by atoms with Crippen LogP contribution in [0.2, 0.25) is 5.02 Å². The number of amides is 1. The van der Waals surface area contributed by atoms with Crippen LogP contribution in [-0.4, -0.2) is 42.3 Å². The van der Waals surface area contributed by atoms with E-state index in [0.717, 1.165) is 0 Å². The average molecular weight is 391 g/mol. The highest BCUT2D eigenvalue weighted by atomic mass is 35.5. The third-order valence-electron chi connectivity index (χ3n) is 3.95. The summed E-state index contributed by atoms with van der Waals surface area (Å²) in [7, 11) is -3.16. The molecule has 24 heavy (non-hydrogen) atoms. The average Bonchev–Trinajstić information content (AvgIpc) is 2.93. The van der Waals surface area contributed by atoms with Gasteiger partial charge in [0.2, 0.25) is 0 Å². The van der Waals surface area contributed by atoms with Crippen molar-refractivity contribution in [1.29, 1.82) is 0 Å². The smallest absolute Gasteiger partial charge is 0.250 e. The quantitative estimate of drug-likeness (QED) is 0.776. The van der Waals surface area contributed by atoms with Crippen molar-refractivity contribution in [3.8, 4) is 0 Å². The lowest BCUT2D eigenvalue weighted by molar-refractivity contribution is -0.120. The zero-order valence-corrected chi connectivity index (χ0v) is 15.5. The molecule has 3 rings (SSSR count). The zero-order valence-electron chi connectivity index (χ0n) is 13.1. The van der Waals surface area contributed by atoms with Gasteiger partial charge in [-0.25, -0.2) is 12.8 Å². The maximum atomic E-state index is 13.9. The molecule has 0 N–H and O–H groups in total. The maximum Gasteiger partial charge on any atom is 0.250 e. The van der Waals surface area contributed by atoms with Crippen molar-refractivity contribution in [2.75, 3.05) is 16.4 Å². The van der Waals surface area contributed by atoms with Gasteiger partial charge in [-0.15, -0.1) is 0 Å². The van der Waals surface area contributed by atoms with E-state index in [0.29, 0.717) is 10.9 Å². The second kappa shape index (κ2) is 6.31. The summed E-state index contributed by atoms with van der Waals surface area (Å²) in [4.78, 5) is 17.8. The number of rotatable bonds is 2. The summed E-state index contributed by atoms with van der Waals surface area (Å²) >= 11 is 6.99. The number of carbonyl (C=O) groups is 1. The highest BCUT2D eigenvalue weighted by Gasteiger charge is 2.49. The number of benzene rings is 1. The summed E-state index contributed by atoms with van der Waals surface area (Å²) in [6.45, 7) is 3.48. The molecule has 130 valence electrons. The molecule has 0 saturated carbocycles. The highest BCUT2D eigenvalue weighted by molar-refractivity contribution is 8.16. The summed E-state index contributed by atoms with van der Waals surface area (Å²) in [6.07, 6.45) is 0. The van der Waals surface area contributed by atoms with Crippen LogP contribution < -0.4 is 4.90 Å². The standard InChI is InChI=1S/C15H16ClFN2O3S2/c1-8(2)14(20)18-15-19(9-3-4-10(16)11(17)5-9)12-6-24(21,22)7-13(12)23-15/h3-5,8,12-13H,6-7H2,1-2H3/t12-,13-/m1/s1. The van der Waals surface area contributed by atoms with E-state index in [4.69, 9.17) is 11.6 Å². The third-order valence-corrected chi connectivity index (χ3v) is 7.46. The van der Waals surface area contributed by atoms with Gasteiger partial charge in [0, 0.05) is 16.9 Å². The number of fused-ring (bicyclic) bond motifs is 1. The van der Waals surface area contributed by atoms with E-state index in [2.05, 4.69) is 4.99 Å². The normalized spacial score (nSPS) is 27.0. The molecule has 0 spiro atoms. The Hall–Kier alpha value is -1.12. The summed E-state index contributed by atoms with van der Waals surface area (Å²) in [6, 6.07) is 3.90. The van der Waals surface area contributed by atoms with Crippen LogP contribution in [0, 0.1) is 11.7 Å². The number of anilines is 1. The van der Waals surface area contributed by atoms with Crippen LogP contribution in [0.5, 0.6) is 0 Å². The first kappa shape index (κ1) is 17.7. The SMILES string of the molecule is CC(C)C(=O)N=C1S[C@@H]2CS(=O)(=O)C[C@H]2N1c1ccc(Cl)c(F)c1. The topological polar surface area (TPSA) is 66.8 Å². The van der Waals surface area contributed by atoms with E-state index in [9.17, 15) is 17.6 Å². The summed E-state index contributed by atoms with van der Waals surface area (Å²) in [5.74, 6) is -1.17. The molecule has 1 aromatic rings. The minimum Gasteiger partial charge on any atom is -0.315 e. The highest BCUT2D eigenvalue weighted by Crippen LogP contribution is 2.41. The molecular formula is C15H16ClFN2O3S2. The van der Waals surface area contributed by atoms with Crippen LogP contribution in [0.4, 0.5) is 10.1 Å². The summed E-state index contributed by atoms with van der Waals surface area (Å²) in [5, 5.41) is 0.186. The molecule has 2 aliphatic heterocycles. The fourth-order valence-corrected chi connectivity index (χ4v) is 6.76. The predicted octanol–water partition coefficient (Wildman–Crippen LogP) is 2.74. The molecular weight excluding hydrogens is 375 g/mol. The van der Waals surface area contributed by atoms with Gasteiger partial charge in [0.05, 0.1) is 22.6 Å². The molecule has 2 fully saturated rings. The van der Waals surface area contributed by atoms with Gasteiger partial charge in [-0.2, -0.15) is 4.99 Å². The first-order valence-corrected chi connectivity index (χ1v) is 10.5. The first-order valence-electron chi connectivity index (χ1n) is 7.42. The van der Waals surface area contributed by atoms with Gasteiger partial charge in [0.15, 0.2) is 15.0 Å². The van der Waals surface area contributed by atoms with Crippen molar-refractivity contribution in [3.63, 3.8) is 0 Å². The monoisotopic (exact) mass is 390 g/mol. The number of hydrogen-bond donors (Lipinski definition) is 0. The Labute approximate surface area is 149 Å². The summed E-state index contributed by atoms with van der Waals surface area (Å²) < 4.78 is 37.7. The molecule has 5 nitrogen and oxygen atoms in total. The van der Waals surface area contributed by atoms with E-state index >= 15 is 0 Å². The number of amidine groups is 1. The van der Waals surface area contributed by atoms with Crippen molar-refractivity contribution < 1.29 is 17.6 Å².